The third-order valence-corrected chi connectivity index (χ3v) is 3.67. The maximum Gasteiger partial charge on any atom is -0.00615 e. The molecule has 2 aliphatic rings. The summed E-state index contributed by atoms with van der Waals surface area (Å²) in [6, 6.07) is 8.95. The molecule has 3 rings (SSSR count). The van der Waals surface area contributed by atoms with E-state index in [0.717, 1.165) is 5.92 Å². The van der Waals surface area contributed by atoms with E-state index in [9.17, 15) is 0 Å². The molecule has 1 aromatic rings. The fraction of sp³-hybridized carbons (Fsp3) is 0.429. The molecule has 0 fully saturated rings. The Morgan fingerprint density at radius 1 is 1.07 bits per heavy atom. The van der Waals surface area contributed by atoms with Crippen LogP contribution in [0.15, 0.2) is 35.9 Å². The standard InChI is InChI=1S/C14H16/c1-2-6-12-10-14-8-4-3-7-13(14)9-11(12)5-1/h1-2,5-7,14H,3-4,8-10H2. The van der Waals surface area contributed by atoms with Crippen LogP contribution in [-0.2, 0) is 12.8 Å². The minimum atomic E-state index is 0.874. The van der Waals surface area contributed by atoms with Crippen LogP contribution >= 0.6 is 0 Å². The van der Waals surface area contributed by atoms with Gasteiger partial charge in [0.25, 0.3) is 0 Å². The second-order valence-electron chi connectivity index (χ2n) is 4.56. The fourth-order valence-electron chi connectivity index (χ4n) is 2.87. The first kappa shape index (κ1) is 8.28. The summed E-state index contributed by atoms with van der Waals surface area (Å²) in [5.41, 5.74) is 4.88. The van der Waals surface area contributed by atoms with Gasteiger partial charge >= 0.3 is 0 Å². The molecule has 0 saturated heterocycles. The quantitative estimate of drug-likeness (QED) is 0.541. The highest BCUT2D eigenvalue weighted by molar-refractivity contribution is 5.37. The van der Waals surface area contributed by atoms with E-state index in [1.165, 1.54) is 32.1 Å². The van der Waals surface area contributed by atoms with Crippen molar-refractivity contribution in [1.82, 2.24) is 0 Å². The molecular formula is C14H16. The average Bonchev–Trinajstić information content (AvgIpc) is 2.26. The summed E-state index contributed by atoms with van der Waals surface area (Å²) in [5.74, 6) is 0.874. The van der Waals surface area contributed by atoms with Crippen molar-refractivity contribution >= 4 is 0 Å². The first-order chi connectivity index (χ1) is 6.93. The van der Waals surface area contributed by atoms with Crippen molar-refractivity contribution in [2.75, 3.05) is 0 Å². The van der Waals surface area contributed by atoms with Crippen molar-refractivity contribution in [3.05, 3.63) is 47.0 Å². The molecular weight excluding hydrogens is 168 g/mol. The molecule has 0 aromatic heterocycles. The van der Waals surface area contributed by atoms with Crippen LogP contribution in [-0.4, -0.2) is 0 Å². The number of rotatable bonds is 0. The Hall–Kier alpha value is -1.04. The van der Waals surface area contributed by atoms with Gasteiger partial charge < -0.3 is 0 Å². The van der Waals surface area contributed by atoms with Gasteiger partial charge in [0.1, 0.15) is 0 Å². The molecule has 0 amide bonds. The Labute approximate surface area is 85.6 Å². The van der Waals surface area contributed by atoms with Crippen LogP contribution in [0.4, 0.5) is 0 Å². The van der Waals surface area contributed by atoms with Crippen molar-refractivity contribution in [3.63, 3.8) is 0 Å². The number of hydrogen-bond acceptors (Lipinski definition) is 0. The van der Waals surface area contributed by atoms with Crippen LogP contribution in [0.5, 0.6) is 0 Å². The van der Waals surface area contributed by atoms with Crippen LogP contribution in [0.3, 0.4) is 0 Å². The molecule has 1 atom stereocenters. The lowest BCUT2D eigenvalue weighted by Crippen LogP contribution is -2.19. The zero-order chi connectivity index (χ0) is 9.38. The second kappa shape index (κ2) is 3.27. The smallest absolute Gasteiger partial charge is 0.00615 e. The van der Waals surface area contributed by atoms with Crippen LogP contribution < -0.4 is 0 Å². The summed E-state index contributed by atoms with van der Waals surface area (Å²) in [6.07, 6.45) is 9.14. The van der Waals surface area contributed by atoms with Crippen molar-refractivity contribution < 1.29 is 0 Å². The molecule has 0 saturated carbocycles. The van der Waals surface area contributed by atoms with Crippen LogP contribution in [0.25, 0.3) is 0 Å². The first-order valence-corrected chi connectivity index (χ1v) is 5.69. The van der Waals surface area contributed by atoms with E-state index in [-0.39, 0.29) is 0 Å². The number of hydrogen-bond donors (Lipinski definition) is 0. The average molecular weight is 184 g/mol. The first-order valence-electron chi connectivity index (χ1n) is 5.69. The number of fused-ring (bicyclic) bond motifs is 2. The molecule has 0 heteroatoms. The van der Waals surface area contributed by atoms with Gasteiger partial charge in [0.2, 0.25) is 0 Å². The molecule has 0 spiro atoms. The lowest BCUT2D eigenvalue weighted by atomic mass is 9.75. The molecule has 0 heterocycles. The minimum Gasteiger partial charge on any atom is -0.0847 e. The van der Waals surface area contributed by atoms with Gasteiger partial charge in [-0.3, -0.25) is 0 Å². The van der Waals surface area contributed by atoms with E-state index in [4.69, 9.17) is 0 Å². The maximum absolute atomic E-state index is 2.49. The SMILES string of the molecule is C1=C2Cc3ccccc3CC2CCC1. The largest absolute Gasteiger partial charge is 0.0847 e. The fourth-order valence-corrected chi connectivity index (χ4v) is 2.87. The van der Waals surface area contributed by atoms with Crippen molar-refractivity contribution in [1.29, 1.82) is 0 Å². The van der Waals surface area contributed by atoms with Crippen molar-refractivity contribution in [3.8, 4) is 0 Å². The minimum absolute atomic E-state index is 0.874. The van der Waals surface area contributed by atoms with Crippen molar-refractivity contribution in [2.45, 2.75) is 32.1 Å². The van der Waals surface area contributed by atoms with Gasteiger partial charge in [-0.15, -0.1) is 0 Å². The van der Waals surface area contributed by atoms with E-state index in [1.807, 2.05) is 0 Å². The highest BCUT2D eigenvalue weighted by atomic mass is 14.3. The monoisotopic (exact) mass is 184 g/mol. The van der Waals surface area contributed by atoms with Gasteiger partial charge in [-0.25, -0.2) is 0 Å². The number of benzene rings is 1. The third kappa shape index (κ3) is 1.30. The Bertz CT molecular complexity index is 373. The predicted molar refractivity (Wildman–Crippen MR) is 59.3 cm³/mol. The highest BCUT2D eigenvalue weighted by Gasteiger charge is 2.23. The molecule has 0 radical (unpaired) electrons. The number of allylic oxidation sites excluding steroid dienone is 2. The Morgan fingerprint density at radius 2 is 1.93 bits per heavy atom. The van der Waals surface area contributed by atoms with Gasteiger partial charge in [0, 0.05) is 0 Å². The molecule has 1 unspecified atom stereocenters. The molecule has 72 valence electrons. The molecule has 2 aliphatic carbocycles. The highest BCUT2D eigenvalue weighted by Crippen LogP contribution is 2.35. The zero-order valence-electron chi connectivity index (χ0n) is 8.50. The third-order valence-electron chi connectivity index (χ3n) is 3.67. The summed E-state index contributed by atoms with van der Waals surface area (Å²) in [4.78, 5) is 0. The summed E-state index contributed by atoms with van der Waals surface area (Å²) in [7, 11) is 0. The molecule has 1 aromatic carbocycles. The van der Waals surface area contributed by atoms with E-state index in [2.05, 4.69) is 30.3 Å². The van der Waals surface area contributed by atoms with E-state index in [0.29, 0.717) is 0 Å². The summed E-state index contributed by atoms with van der Waals surface area (Å²) in [6.45, 7) is 0. The Balaban J connectivity index is 2.00. The molecule has 0 N–H and O–H groups in total. The van der Waals surface area contributed by atoms with Gasteiger partial charge in [0.15, 0.2) is 0 Å². The second-order valence-corrected chi connectivity index (χ2v) is 4.56. The summed E-state index contributed by atoms with van der Waals surface area (Å²) in [5, 5.41) is 0. The van der Waals surface area contributed by atoms with Gasteiger partial charge in [0.05, 0.1) is 0 Å². The lowest BCUT2D eigenvalue weighted by Gasteiger charge is -2.30. The summed E-state index contributed by atoms with van der Waals surface area (Å²) >= 11 is 0. The summed E-state index contributed by atoms with van der Waals surface area (Å²) < 4.78 is 0. The van der Waals surface area contributed by atoms with Crippen LogP contribution in [0.2, 0.25) is 0 Å². The van der Waals surface area contributed by atoms with Crippen molar-refractivity contribution in [2.24, 2.45) is 5.92 Å². The molecule has 0 bridgehead atoms. The lowest BCUT2D eigenvalue weighted by molar-refractivity contribution is 0.483. The Morgan fingerprint density at radius 3 is 2.86 bits per heavy atom. The van der Waals surface area contributed by atoms with E-state index >= 15 is 0 Å². The maximum atomic E-state index is 2.49. The molecule has 0 aliphatic heterocycles. The zero-order valence-corrected chi connectivity index (χ0v) is 8.50. The van der Waals surface area contributed by atoms with Crippen LogP contribution in [0, 0.1) is 5.92 Å². The topological polar surface area (TPSA) is 0 Å². The molecule has 0 nitrogen and oxygen atoms in total. The van der Waals surface area contributed by atoms with E-state index in [1.54, 1.807) is 16.7 Å². The normalized spacial score (nSPS) is 24.9. The van der Waals surface area contributed by atoms with E-state index < -0.39 is 0 Å². The van der Waals surface area contributed by atoms with Gasteiger partial charge in [-0.1, -0.05) is 35.9 Å². The van der Waals surface area contributed by atoms with Gasteiger partial charge in [-0.2, -0.15) is 0 Å². The van der Waals surface area contributed by atoms with Crippen LogP contribution in [0.1, 0.15) is 30.4 Å². The van der Waals surface area contributed by atoms with Gasteiger partial charge in [-0.05, 0) is 49.1 Å². The molecule has 14 heavy (non-hydrogen) atoms. The Kier molecular flexibility index (Phi) is 1.93. The predicted octanol–water partition coefficient (Wildman–Crippen LogP) is 3.51.